The predicted octanol–water partition coefficient (Wildman–Crippen LogP) is 4.35. The summed E-state index contributed by atoms with van der Waals surface area (Å²) < 4.78 is 39.6. The third-order valence-corrected chi connectivity index (χ3v) is 6.65. The lowest BCUT2D eigenvalue weighted by atomic mass is 10.0. The zero-order chi connectivity index (χ0) is 21.3. The largest absolute Gasteiger partial charge is 0.506 e. The normalized spacial score (nSPS) is 13.6. The first-order chi connectivity index (χ1) is 14.3. The van der Waals surface area contributed by atoms with Crippen LogP contribution in [0.2, 0.25) is 0 Å². The average molecular weight is 426 g/mol. The van der Waals surface area contributed by atoms with Crippen LogP contribution < -0.4 is 10.0 Å². The van der Waals surface area contributed by atoms with Gasteiger partial charge < -0.3 is 10.4 Å². The van der Waals surface area contributed by atoms with Crippen molar-refractivity contribution in [1.29, 1.82) is 0 Å². The fourth-order valence-corrected chi connectivity index (χ4v) is 4.36. The van der Waals surface area contributed by atoms with Crippen LogP contribution >= 0.6 is 0 Å². The molecule has 30 heavy (non-hydrogen) atoms. The zero-order valence-electron chi connectivity index (χ0n) is 15.8. The van der Waals surface area contributed by atoms with Crippen molar-refractivity contribution in [2.75, 3.05) is 10.0 Å². The van der Waals surface area contributed by atoms with E-state index >= 15 is 0 Å². The highest BCUT2D eigenvalue weighted by molar-refractivity contribution is 7.93. The molecule has 1 amide bonds. The Hall–Kier alpha value is -3.39. The second-order valence-electron chi connectivity index (χ2n) is 7.12. The molecule has 1 fully saturated rings. The number of phenolic OH excluding ortho intramolecular Hbond substituents is 1. The minimum atomic E-state index is -3.54. The summed E-state index contributed by atoms with van der Waals surface area (Å²) in [5, 5.41) is 12.2. The van der Waals surface area contributed by atoms with E-state index in [1.54, 1.807) is 36.4 Å². The first kappa shape index (κ1) is 19.9. The molecule has 0 aliphatic heterocycles. The predicted molar refractivity (Wildman–Crippen MR) is 113 cm³/mol. The van der Waals surface area contributed by atoms with Crippen molar-refractivity contribution in [1.82, 2.24) is 0 Å². The Morgan fingerprint density at radius 3 is 2.13 bits per heavy atom. The second kappa shape index (κ2) is 7.79. The first-order valence-corrected chi connectivity index (χ1v) is 10.9. The molecular formula is C22H19FN2O4S. The van der Waals surface area contributed by atoms with Crippen molar-refractivity contribution >= 4 is 27.3 Å². The lowest BCUT2D eigenvalue weighted by molar-refractivity contribution is 0.102. The Balaban J connectivity index is 1.48. The van der Waals surface area contributed by atoms with Gasteiger partial charge in [0.05, 0.1) is 10.9 Å². The van der Waals surface area contributed by atoms with Crippen molar-refractivity contribution in [2.24, 2.45) is 0 Å². The van der Waals surface area contributed by atoms with E-state index in [4.69, 9.17) is 0 Å². The van der Waals surface area contributed by atoms with E-state index in [9.17, 15) is 22.7 Å². The van der Waals surface area contributed by atoms with Crippen LogP contribution in [0.25, 0.3) is 11.1 Å². The van der Waals surface area contributed by atoms with Crippen molar-refractivity contribution < 1.29 is 22.7 Å². The summed E-state index contributed by atoms with van der Waals surface area (Å²) in [5.74, 6) is -0.925. The summed E-state index contributed by atoms with van der Waals surface area (Å²) in [7, 11) is -3.54. The number of carbonyl (C=O) groups excluding carboxylic acids is 1. The summed E-state index contributed by atoms with van der Waals surface area (Å²) in [6, 6.07) is 17.0. The lowest BCUT2D eigenvalue weighted by Gasteiger charge is -2.12. The van der Waals surface area contributed by atoms with Gasteiger partial charge >= 0.3 is 0 Å². The molecule has 0 saturated heterocycles. The molecule has 4 rings (SSSR count). The molecule has 0 unspecified atom stereocenters. The van der Waals surface area contributed by atoms with Crippen molar-refractivity contribution in [3.05, 3.63) is 78.1 Å². The summed E-state index contributed by atoms with van der Waals surface area (Å²) in [6.07, 6.45) is 1.20. The third kappa shape index (κ3) is 4.44. The smallest absolute Gasteiger partial charge is 0.255 e. The van der Waals surface area contributed by atoms with Gasteiger partial charge in [-0.25, -0.2) is 12.8 Å². The molecule has 6 nitrogen and oxygen atoms in total. The molecule has 8 heteroatoms. The van der Waals surface area contributed by atoms with Crippen LogP contribution in [0, 0.1) is 5.82 Å². The van der Waals surface area contributed by atoms with Crippen LogP contribution in [0.3, 0.4) is 0 Å². The highest BCUT2D eigenvalue weighted by atomic mass is 32.2. The average Bonchev–Trinajstić information content (AvgIpc) is 3.57. The van der Waals surface area contributed by atoms with Gasteiger partial charge in [0.2, 0.25) is 10.0 Å². The highest BCUT2D eigenvalue weighted by Gasteiger charge is 2.36. The summed E-state index contributed by atoms with van der Waals surface area (Å²) in [6.45, 7) is 0. The number of nitrogens with one attached hydrogen (secondary N) is 2. The number of hydrogen-bond donors (Lipinski definition) is 3. The van der Waals surface area contributed by atoms with E-state index in [1.165, 1.54) is 30.3 Å². The van der Waals surface area contributed by atoms with Crippen LogP contribution in [0.1, 0.15) is 23.2 Å². The van der Waals surface area contributed by atoms with E-state index in [1.807, 2.05) is 0 Å². The van der Waals surface area contributed by atoms with Crippen LogP contribution in [0.4, 0.5) is 15.8 Å². The van der Waals surface area contributed by atoms with Gasteiger partial charge in [0.1, 0.15) is 11.6 Å². The van der Waals surface area contributed by atoms with Crippen molar-refractivity contribution in [2.45, 2.75) is 18.1 Å². The number of sulfonamides is 1. The Labute approximate surface area is 173 Å². The summed E-state index contributed by atoms with van der Waals surface area (Å²) >= 11 is 0. The van der Waals surface area contributed by atoms with E-state index in [-0.39, 0.29) is 23.2 Å². The Morgan fingerprint density at radius 2 is 1.53 bits per heavy atom. The summed E-state index contributed by atoms with van der Waals surface area (Å²) in [5.41, 5.74) is 2.43. The molecule has 3 aromatic rings. The molecule has 3 aromatic carbocycles. The van der Waals surface area contributed by atoms with Gasteiger partial charge in [0, 0.05) is 11.3 Å². The molecule has 0 aromatic heterocycles. The van der Waals surface area contributed by atoms with Gasteiger partial charge in [0.25, 0.3) is 5.91 Å². The SMILES string of the molecule is O=C(Nc1ccc(O)c(NS(=O)(=O)C2CC2)c1)c1ccc(-c2ccc(F)cc2)cc1. The van der Waals surface area contributed by atoms with Gasteiger partial charge in [-0.2, -0.15) is 0 Å². The maximum atomic E-state index is 13.1. The molecule has 1 saturated carbocycles. The number of halogens is 1. The topological polar surface area (TPSA) is 95.5 Å². The third-order valence-electron chi connectivity index (χ3n) is 4.79. The number of rotatable bonds is 6. The quantitative estimate of drug-likeness (QED) is 0.403. The minimum Gasteiger partial charge on any atom is -0.506 e. The maximum Gasteiger partial charge on any atom is 0.255 e. The number of carbonyl (C=O) groups is 1. The molecule has 0 radical (unpaired) electrons. The molecule has 0 bridgehead atoms. The van der Waals surface area contributed by atoms with Gasteiger partial charge in [-0.3, -0.25) is 9.52 Å². The van der Waals surface area contributed by atoms with Crippen LogP contribution in [0.15, 0.2) is 66.7 Å². The van der Waals surface area contributed by atoms with E-state index < -0.39 is 15.3 Å². The van der Waals surface area contributed by atoms with Gasteiger partial charge in [-0.15, -0.1) is 0 Å². The van der Waals surface area contributed by atoms with Crippen LogP contribution in [-0.2, 0) is 10.0 Å². The molecule has 1 aliphatic carbocycles. The molecule has 0 atom stereocenters. The van der Waals surface area contributed by atoms with Crippen LogP contribution in [-0.4, -0.2) is 24.7 Å². The van der Waals surface area contributed by atoms with Crippen molar-refractivity contribution in [3.8, 4) is 16.9 Å². The molecule has 0 spiro atoms. The minimum absolute atomic E-state index is 0.0198. The molecule has 0 heterocycles. The Morgan fingerprint density at radius 1 is 0.933 bits per heavy atom. The van der Waals surface area contributed by atoms with Gasteiger partial charge in [0.15, 0.2) is 0 Å². The summed E-state index contributed by atoms with van der Waals surface area (Å²) in [4.78, 5) is 12.5. The first-order valence-electron chi connectivity index (χ1n) is 9.34. The number of amides is 1. The molecular weight excluding hydrogens is 407 g/mol. The number of phenols is 1. The lowest BCUT2D eigenvalue weighted by Crippen LogP contribution is -2.18. The number of anilines is 2. The van der Waals surface area contributed by atoms with Gasteiger partial charge in [-0.05, 0) is 66.4 Å². The van der Waals surface area contributed by atoms with E-state index in [0.29, 0.717) is 24.1 Å². The molecule has 3 N–H and O–H groups in total. The number of benzene rings is 3. The standard InChI is InChI=1S/C22H19FN2O4S/c23-17-7-5-15(6-8-17)14-1-3-16(4-2-14)22(27)24-18-9-12-21(26)20(13-18)25-30(28,29)19-10-11-19/h1-9,12-13,19,25-26H,10-11H2,(H,24,27). The second-order valence-corrected chi connectivity index (χ2v) is 9.08. The zero-order valence-corrected chi connectivity index (χ0v) is 16.6. The maximum absolute atomic E-state index is 13.1. The van der Waals surface area contributed by atoms with E-state index in [2.05, 4.69) is 10.0 Å². The number of aromatic hydroxyl groups is 1. The monoisotopic (exact) mass is 426 g/mol. The fraction of sp³-hybridized carbons (Fsp3) is 0.136. The van der Waals surface area contributed by atoms with E-state index in [0.717, 1.165) is 11.1 Å². The highest BCUT2D eigenvalue weighted by Crippen LogP contribution is 2.33. The van der Waals surface area contributed by atoms with Gasteiger partial charge in [-0.1, -0.05) is 24.3 Å². The Kier molecular flexibility index (Phi) is 5.17. The fourth-order valence-electron chi connectivity index (χ4n) is 2.97. The molecule has 1 aliphatic rings. The van der Waals surface area contributed by atoms with Crippen LogP contribution in [0.5, 0.6) is 5.75 Å². The Bertz CT molecular complexity index is 1190. The molecule has 154 valence electrons. The number of hydrogen-bond acceptors (Lipinski definition) is 4. The van der Waals surface area contributed by atoms with Crippen molar-refractivity contribution in [3.63, 3.8) is 0 Å².